The molecule has 0 atom stereocenters. The summed E-state index contributed by atoms with van der Waals surface area (Å²) in [6, 6.07) is 12.1. The lowest BCUT2D eigenvalue weighted by atomic mass is 10.2. The second kappa shape index (κ2) is 8.98. The minimum Gasteiger partial charge on any atom is -0.427 e. The largest absolute Gasteiger partial charge is 0.427 e. The Balaban J connectivity index is 1.95. The molecular formula is C18H17NO5S. The molecule has 0 aliphatic rings. The van der Waals surface area contributed by atoms with Crippen LogP contribution in [-0.4, -0.2) is 16.0 Å². The Morgan fingerprint density at radius 2 is 1.72 bits per heavy atom. The molecule has 0 unspecified atom stereocenters. The van der Waals surface area contributed by atoms with Gasteiger partial charge in [-0.3, -0.25) is 19.7 Å². The summed E-state index contributed by atoms with van der Waals surface area (Å²) >= 11 is 0.979. The Kier molecular flexibility index (Phi) is 6.71. The highest BCUT2D eigenvalue weighted by molar-refractivity contribution is 8.14. The Morgan fingerprint density at radius 3 is 2.28 bits per heavy atom. The van der Waals surface area contributed by atoms with E-state index in [4.69, 9.17) is 4.74 Å². The molecule has 0 fully saturated rings. The average Bonchev–Trinajstić information content (AvgIpc) is 2.61. The number of nitrogens with zero attached hydrogens (tertiary/aromatic N) is 1. The van der Waals surface area contributed by atoms with Gasteiger partial charge < -0.3 is 4.74 Å². The number of hydrogen-bond donors (Lipinski definition) is 0. The van der Waals surface area contributed by atoms with Crippen LogP contribution < -0.4 is 4.74 Å². The fraction of sp³-hybridized carbons (Fsp3) is 0.222. The molecule has 0 spiro atoms. The SMILES string of the molecule is CCCCC(=O)Oc1ccc(C(=O)Sc2ccc([N+](=O)[O-])cc2)cc1. The summed E-state index contributed by atoms with van der Waals surface area (Å²) < 4.78 is 5.18. The molecule has 0 N–H and O–H groups in total. The van der Waals surface area contributed by atoms with Crippen molar-refractivity contribution < 1.29 is 19.2 Å². The van der Waals surface area contributed by atoms with Crippen LogP contribution in [0.15, 0.2) is 53.4 Å². The standard InChI is InChI=1S/C18H17NO5S/c1-2-3-4-17(20)24-15-9-5-13(6-10-15)18(21)25-16-11-7-14(8-12-16)19(22)23/h5-12H,2-4H2,1H3. The zero-order valence-corrected chi connectivity index (χ0v) is 14.5. The zero-order chi connectivity index (χ0) is 18.2. The van der Waals surface area contributed by atoms with Crippen LogP contribution in [0.3, 0.4) is 0 Å². The van der Waals surface area contributed by atoms with Gasteiger partial charge in [0.25, 0.3) is 5.69 Å². The molecule has 25 heavy (non-hydrogen) atoms. The molecule has 2 aromatic rings. The number of non-ortho nitro benzene ring substituents is 1. The molecule has 0 radical (unpaired) electrons. The van der Waals surface area contributed by atoms with E-state index in [0.29, 0.717) is 22.6 Å². The van der Waals surface area contributed by atoms with Crippen molar-refractivity contribution in [2.75, 3.05) is 0 Å². The number of carbonyl (C=O) groups is 2. The van der Waals surface area contributed by atoms with E-state index in [-0.39, 0.29) is 16.8 Å². The normalized spacial score (nSPS) is 10.3. The Morgan fingerprint density at radius 1 is 1.08 bits per heavy atom. The summed E-state index contributed by atoms with van der Waals surface area (Å²) in [6.45, 7) is 2.00. The van der Waals surface area contributed by atoms with Gasteiger partial charge in [0, 0.05) is 29.0 Å². The highest BCUT2D eigenvalue weighted by Crippen LogP contribution is 2.26. The Labute approximate surface area is 149 Å². The van der Waals surface area contributed by atoms with Crippen LogP contribution in [0.1, 0.15) is 36.5 Å². The van der Waals surface area contributed by atoms with Gasteiger partial charge in [0.05, 0.1) is 4.92 Å². The summed E-state index contributed by atoms with van der Waals surface area (Å²) in [5.74, 6) is 0.110. The molecule has 0 aromatic heterocycles. The number of rotatable bonds is 7. The van der Waals surface area contributed by atoms with Crippen molar-refractivity contribution in [3.8, 4) is 5.75 Å². The average molecular weight is 359 g/mol. The van der Waals surface area contributed by atoms with Gasteiger partial charge >= 0.3 is 5.97 Å². The van der Waals surface area contributed by atoms with Crippen molar-refractivity contribution in [1.29, 1.82) is 0 Å². The van der Waals surface area contributed by atoms with Gasteiger partial charge in [-0.05, 0) is 54.6 Å². The van der Waals surface area contributed by atoms with Crippen LogP contribution >= 0.6 is 11.8 Å². The van der Waals surface area contributed by atoms with E-state index in [1.54, 1.807) is 24.3 Å². The molecule has 0 heterocycles. The van der Waals surface area contributed by atoms with Crippen molar-refractivity contribution in [3.05, 3.63) is 64.2 Å². The molecule has 2 aromatic carbocycles. The number of nitro groups is 1. The summed E-state index contributed by atoms with van der Waals surface area (Å²) in [5.41, 5.74) is 0.433. The molecule has 0 aliphatic heterocycles. The van der Waals surface area contributed by atoms with E-state index < -0.39 is 4.92 Å². The number of esters is 1. The molecule has 0 aliphatic carbocycles. The number of ether oxygens (including phenoxy) is 1. The minimum atomic E-state index is -0.489. The Hall–Kier alpha value is -2.67. The highest BCUT2D eigenvalue weighted by Gasteiger charge is 2.11. The van der Waals surface area contributed by atoms with Gasteiger partial charge in [0.15, 0.2) is 0 Å². The molecular weight excluding hydrogens is 342 g/mol. The molecule has 0 amide bonds. The molecule has 6 nitrogen and oxygen atoms in total. The van der Waals surface area contributed by atoms with E-state index in [1.807, 2.05) is 6.92 Å². The second-order valence-corrected chi connectivity index (χ2v) is 6.29. The second-order valence-electron chi connectivity index (χ2n) is 5.24. The van der Waals surface area contributed by atoms with E-state index in [1.165, 1.54) is 24.3 Å². The van der Waals surface area contributed by atoms with E-state index in [0.717, 1.165) is 24.6 Å². The molecule has 0 saturated carbocycles. The first-order valence-corrected chi connectivity index (χ1v) is 8.58. The topological polar surface area (TPSA) is 86.5 Å². The monoisotopic (exact) mass is 359 g/mol. The number of benzene rings is 2. The van der Waals surface area contributed by atoms with Gasteiger partial charge in [-0.2, -0.15) is 0 Å². The van der Waals surface area contributed by atoms with E-state index >= 15 is 0 Å². The van der Waals surface area contributed by atoms with Gasteiger partial charge in [0.1, 0.15) is 5.75 Å². The number of hydrogen-bond acceptors (Lipinski definition) is 6. The lowest BCUT2D eigenvalue weighted by Crippen LogP contribution is -2.07. The summed E-state index contributed by atoms with van der Waals surface area (Å²) in [6.07, 6.45) is 2.07. The fourth-order valence-electron chi connectivity index (χ4n) is 1.96. The maximum absolute atomic E-state index is 12.2. The highest BCUT2D eigenvalue weighted by atomic mass is 32.2. The van der Waals surface area contributed by atoms with Gasteiger partial charge in [-0.25, -0.2) is 0 Å². The first-order chi connectivity index (χ1) is 12.0. The van der Waals surface area contributed by atoms with Crippen molar-refractivity contribution in [3.63, 3.8) is 0 Å². The third-order valence-corrected chi connectivity index (χ3v) is 4.24. The van der Waals surface area contributed by atoms with Gasteiger partial charge in [-0.1, -0.05) is 13.3 Å². The maximum Gasteiger partial charge on any atom is 0.311 e. The third kappa shape index (κ3) is 5.72. The molecule has 7 heteroatoms. The summed E-state index contributed by atoms with van der Waals surface area (Å²) in [4.78, 5) is 34.5. The van der Waals surface area contributed by atoms with E-state index in [2.05, 4.69) is 0 Å². The third-order valence-electron chi connectivity index (χ3n) is 3.31. The van der Waals surface area contributed by atoms with E-state index in [9.17, 15) is 19.7 Å². The predicted molar refractivity (Wildman–Crippen MR) is 94.9 cm³/mol. The smallest absolute Gasteiger partial charge is 0.311 e. The molecule has 130 valence electrons. The first kappa shape index (κ1) is 18.7. The van der Waals surface area contributed by atoms with Crippen LogP contribution in [0.5, 0.6) is 5.75 Å². The number of thioether (sulfide) groups is 1. The lowest BCUT2D eigenvalue weighted by molar-refractivity contribution is -0.384. The van der Waals surface area contributed by atoms with Crippen molar-refractivity contribution in [2.24, 2.45) is 0 Å². The first-order valence-electron chi connectivity index (χ1n) is 7.77. The van der Waals surface area contributed by atoms with Crippen LogP contribution in [0.4, 0.5) is 5.69 Å². The fourth-order valence-corrected chi connectivity index (χ4v) is 2.70. The lowest BCUT2D eigenvalue weighted by Gasteiger charge is -2.05. The molecule has 0 saturated heterocycles. The Bertz CT molecular complexity index is 756. The van der Waals surface area contributed by atoms with Crippen LogP contribution in [0, 0.1) is 10.1 Å². The van der Waals surface area contributed by atoms with Crippen LogP contribution in [0.25, 0.3) is 0 Å². The van der Waals surface area contributed by atoms with Crippen LogP contribution in [0.2, 0.25) is 0 Å². The zero-order valence-electron chi connectivity index (χ0n) is 13.6. The number of nitro benzene ring substituents is 1. The van der Waals surface area contributed by atoms with Crippen molar-refractivity contribution >= 4 is 28.5 Å². The van der Waals surface area contributed by atoms with Crippen LogP contribution in [-0.2, 0) is 4.79 Å². The molecule has 2 rings (SSSR count). The molecule has 0 bridgehead atoms. The summed E-state index contributed by atoms with van der Waals surface area (Å²) in [7, 11) is 0. The maximum atomic E-state index is 12.2. The van der Waals surface area contributed by atoms with Crippen molar-refractivity contribution in [1.82, 2.24) is 0 Å². The van der Waals surface area contributed by atoms with Crippen molar-refractivity contribution in [2.45, 2.75) is 31.1 Å². The predicted octanol–water partition coefficient (Wildman–Crippen LogP) is 4.62. The number of carbonyl (C=O) groups excluding carboxylic acids is 2. The minimum absolute atomic E-state index is 0.0222. The van der Waals surface area contributed by atoms with Gasteiger partial charge in [-0.15, -0.1) is 0 Å². The van der Waals surface area contributed by atoms with Gasteiger partial charge in [0.2, 0.25) is 5.12 Å². The summed E-state index contributed by atoms with van der Waals surface area (Å²) in [5, 5.41) is 10.4. The quantitative estimate of drug-likeness (QED) is 0.236. The number of unbranched alkanes of at least 4 members (excludes halogenated alkanes) is 1.